The number of hydrogen-bond donors (Lipinski definition) is 1. The summed E-state index contributed by atoms with van der Waals surface area (Å²) >= 11 is 1.73. The molecule has 2 rings (SSSR count). The Kier molecular flexibility index (Phi) is 3.81. The summed E-state index contributed by atoms with van der Waals surface area (Å²) in [5.74, 6) is 0.890. The first-order valence-electron chi connectivity index (χ1n) is 6.00. The van der Waals surface area contributed by atoms with Gasteiger partial charge in [0.15, 0.2) is 0 Å². The molecule has 1 saturated carbocycles. The summed E-state index contributed by atoms with van der Waals surface area (Å²) in [6.07, 6.45) is 7.51. The smallest absolute Gasteiger partial charge is 0.0882 e. The van der Waals surface area contributed by atoms with Gasteiger partial charge in [-0.05, 0) is 37.8 Å². The molecule has 1 nitrogen and oxygen atoms in total. The van der Waals surface area contributed by atoms with Crippen LogP contribution in [0.4, 0.5) is 0 Å². The van der Waals surface area contributed by atoms with Gasteiger partial charge in [0.2, 0.25) is 0 Å². The van der Waals surface area contributed by atoms with Crippen molar-refractivity contribution in [2.45, 2.75) is 51.6 Å². The fourth-order valence-corrected chi connectivity index (χ4v) is 3.37. The maximum atomic E-state index is 10.0. The second-order valence-corrected chi connectivity index (χ2v) is 6.01. The summed E-state index contributed by atoms with van der Waals surface area (Å²) < 4.78 is 0. The van der Waals surface area contributed by atoms with Crippen LogP contribution in [0, 0.1) is 12.8 Å². The second kappa shape index (κ2) is 5.13. The Bertz CT molecular complexity index is 299. The Morgan fingerprint density at radius 1 is 1.40 bits per heavy atom. The van der Waals surface area contributed by atoms with Crippen molar-refractivity contribution in [1.82, 2.24) is 0 Å². The molecule has 0 radical (unpaired) electrons. The van der Waals surface area contributed by atoms with E-state index in [2.05, 4.69) is 19.1 Å². The summed E-state index contributed by atoms with van der Waals surface area (Å²) in [7, 11) is 0. The predicted molar refractivity (Wildman–Crippen MR) is 65.2 cm³/mol. The zero-order valence-electron chi connectivity index (χ0n) is 9.41. The lowest BCUT2D eigenvalue weighted by Crippen LogP contribution is -1.99. The van der Waals surface area contributed by atoms with Crippen molar-refractivity contribution in [3.05, 3.63) is 21.9 Å². The average molecular weight is 224 g/mol. The summed E-state index contributed by atoms with van der Waals surface area (Å²) in [5, 5.41) is 10.0. The van der Waals surface area contributed by atoms with Gasteiger partial charge >= 0.3 is 0 Å². The van der Waals surface area contributed by atoms with Crippen molar-refractivity contribution in [2.75, 3.05) is 0 Å². The topological polar surface area (TPSA) is 20.2 Å². The summed E-state index contributed by atoms with van der Waals surface area (Å²) in [4.78, 5) is 2.44. The van der Waals surface area contributed by atoms with Gasteiger partial charge in [0.1, 0.15) is 0 Å². The molecule has 0 amide bonds. The van der Waals surface area contributed by atoms with E-state index in [1.54, 1.807) is 11.3 Å². The molecule has 15 heavy (non-hydrogen) atoms. The SMILES string of the molecule is Cc1ccc(C(O)CCC2CCCC2)s1. The lowest BCUT2D eigenvalue weighted by Gasteiger charge is -2.12. The summed E-state index contributed by atoms with van der Waals surface area (Å²) in [6, 6.07) is 4.16. The number of rotatable bonds is 4. The molecule has 1 aromatic heterocycles. The van der Waals surface area contributed by atoms with E-state index in [4.69, 9.17) is 0 Å². The fraction of sp³-hybridized carbons (Fsp3) is 0.692. The van der Waals surface area contributed by atoms with Crippen LogP contribution >= 0.6 is 11.3 Å². The standard InChI is InChI=1S/C13H20OS/c1-10-6-9-13(15-10)12(14)8-7-11-4-2-3-5-11/h6,9,11-12,14H,2-5,7-8H2,1H3. The molecule has 0 aromatic carbocycles. The minimum atomic E-state index is -0.218. The Hall–Kier alpha value is -0.340. The molecular formula is C13H20OS. The lowest BCUT2D eigenvalue weighted by atomic mass is 9.99. The Morgan fingerprint density at radius 2 is 2.13 bits per heavy atom. The maximum absolute atomic E-state index is 10.0. The maximum Gasteiger partial charge on any atom is 0.0882 e. The first-order valence-corrected chi connectivity index (χ1v) is 6.82. The molecule has 1 aromatic rings. The number of hydrogen-bond acceptors (Lipinski definition) is 2. The van der Waals surface area contributed by atoms with Crippen molar-refractivity contribution in [3.63, 3.8) is 0 Å². The van der Waals surface area contributed by atoms with Gasteiger partial charge in [-0.1, -0.05) is 25.7 Å². The minimum absolute atomic E-state index is 0.218. The molecule has 1 N–H and O–H groups in total. The fourth-order valence-electron chi connectivity index (χ4n) is 2.47. The quantitative estimate of drug-likeness (QED) is 0.817. The van der Waals surface area contributed by atoms with Crippen LogP contribution in [-0.2, 0) is 0 Å². The van der Waals surface area contributed by atoms with E-state index in [0.29, 0.717) is 0 Å². The molecule has 1 fully saturated rings. The summed E-state index contributed by atoms with van der Waals surface area (Å²) in [5.41, 5.74) is 0. The highest BCUT2D eigenvalue weighted by Gasteiger charge is 2.17. The van der Waals surface area contributed by atoms with Crippen molar-refractivity contribution >= 4 is 11.3 Å². The van der Waals surface area contributed by atoms with Crippen molar-refractivity contribution in [1.29, 1.82) is 0 Å². The third kappa shape index (κ3) is 3.05. The van der Waals surface area contributed by atoms with Gasteiger partial charge in [-0.2, -0.15) is 0 Å². The zero-order chi connectivity index (χ0) is 10.7. The molecular weight excluding hydrogens is 204 g/mol. The second-order valence-electron chi connectivity index (χ2n) is 4.69. The molecule has 0 aliphatic heterocycles. The number of thiophene rings is 1. The minimum Gasteiger partial charge on any atom is -0.388 e. The van der Waals surface area contributed by atoms with Crippen LogP contribution in [0.5, 0.6) is 0 Å². The van der Waals surface area contributed by atoms with E-state index in [1.165, 1.54) is 37.0 Å². The Balaban J connectivity index is 1.79. The van der Waals surface area contributed by atoms with Crippen LogP contribution in [0.3, 0.4) is 0 Å². The van der Waals surface area contributed by atoms with Crippen LogP contribution < -0.4 is 0 Å². The van der Waals surface area contributed by atoms with Gasteiger partial charge < -0.3 is 5.11 Å². The summed E-state index contributed by atoms with van der Waals surface area (Å²) in [6.45, 7) is 2.10. The molecule has 1 aliphatic rings. The van der Waals surface area contributed by atoms with Crippen LogP contribution in [0.2, 0.25) is 0 Å². The number of aryl methyl sites for hydroxylation is 1. The van der Waals surface area contributed by atoms with E-state index in [0.717, 1.165) is 17.2 Å². The van der Waals surface area contributed by atoms with Crippen LogP contribution in [-0.4, -0.2) is 5.11 Å². The molecule has 1 aliphatic carbocycles. The average Bonchev–Trinajstić information content (AvgIpc) is 2.84. The third-order valence-electron chi connectivity index (χ3n) is 3.41. The first-order chi connectivity index (χ1) is 7.25. The van der Waals surface area contributed by atoms with Crippen molar-refractivity contribution < 1.29 is 5.11 Å². The molecule has 1 atom stereocenters. The Labute approximate surface area is 96.1 Å². The van der Waals surface area contributed by atoms with Crippen LogP contribution in [0.15, 0.2) is 12.1 Å². The van der Waals surface area contributed by atoms with Crippen LogP contribution in [0.1, 0.15) is 54.4 Å². The largest absolute Gasteiger partial charge is 0.388 e. The zero-order valence-corrected chi connectivity index (χ0v) is 10.2. The highest BCUT2D eigenvalue weighted by atomic mass is 32.1. The highest BCUT2D eigenvalue weighted by Crippen LogP contribution is 2.32. The van der Waals surface area contributed by atoms with Crippen LogP contribution in [0.25, 0.3) is 0 Å². The van der Waals surface area contributed by atoms with E-state index < -0.39 is 0 Å². The molecule has 1 unspecified atom stereocenters. The monoisotopic (exact) mass is 224 g/mol. The van der Waals surface area contributed by atoms with E-state index in [1.807, 2.05) is 0 Å². The predicted octanol–water partition coefficient (Wildman–Crippen LogP) is 4.06. The molecule has 1 heterocycles. The molecule has 84 valence electrons. The van der Waals surface area contributed by atoms with Gasteiger partial charge in [0.05, 0.1) is 6.10 Å². The molecule has 0 saturated heterocycles. The number of aliphatic hydroxyl groups is 1. The molecule has 0 spiro atoms. The Morgan fingerprint density at radius 3 is 2.73 bits per heavy atom. The van der Waals surface area contributed by atoms with Gasteiger partial charge in [0.25, 0.3) is 0 Å². The third-order valence-corrected chi connectivity index (χ3v) is 4.51. The van der Waals surface area contributed by atoms with Gasteiger partial charge in [-0.25, -0.2) is 0 Å². The van der Waals surface area contributed by atoms with Gasteiger partial charge in [-0.3, -0.25) is 0 Å². The van der Waals surface area contributed by atoms with E-state index in [9.17, 15) is 5.11 Å². The van der Waals surface area contributed by atoms with Gasteiger partial charge in [0, 0.05) is 9.75 Å². The molecule has 2 heteroatoms. The highest BCUT2D eigenvalue weighted by molar-refractivity contribution is 7.11. The first kappa shape index (κ1) is 11.2. The molecule has 0 bridgehead atoms. The van der Waals surface area contributed by atoms with Gasteiger partial charge in [-0.15, -0.1) is 11.3 Å². The van der Waals surface area contributed by atoms with Crippen molar-refractivity contribution in [3.8, 4) is 0 Å². The van der Waals surface area contributed by atoms with Crippen molar-refractivity contribution in [2.24, 2.45) is 5.92 Å². The van der Waals surface area contributed by atoms with E-state index >= 15 is 0 Å². The normalized spacial score (nSPS) is 19.6. The number of aliphatic hydroxyl groups excluding tert-OH is 1. The van der Waals surface area contributed by atoms with E-state index in [-0.39, 0.29) is 6.10 Å². The lowest BCUT2D eigenvalue weighted by molar-refractivity contribution is 0.160.